The predicted molar refractivity (Wildman–Crippen MR) is 78.2 cm³/mol. The highest BCUT2D eigenvalue weighted by Crippen LogP contribution is 2.13. The third-order valence-electron chi connectivity index (χ3n) is 2.50. The third-order valence-corrected chi connectivity index (χ3v) is 3.32. The number of thiazole rings is 1. The van der Waals surface area contributed by atoms with Gasteiger partial charge in [-0.3, -0.25) is 10.1 Å². The van der Waals surface area contributed by atoms with Crippen LogP contribution in [0.25, 0.3) is 0 Å². The number of hydrogen-bond donors (Lipinski definition) is 1. The van der Waals surface area contributed by atoms with E-state index in [-0.39, 0.29) is 17.9 Å². The maximum atomic E-state index is 12.1. The Morgan fingerprint density at radius 2 is 2.11 bits per heavy atom. The van der Waals surface area contributed by atoms with Crippen LogP contribution in [0, 0.1) is 12.8 Å². The van der Waals surface area contributed by atoms with E-state index in [1.165, 1.54) is 0 Å². The molecule has 108 valence electrons. The second-order valence-electron chi connectivity index (χ2n) is 5.99. The second-order valence-corrected chi connectivity index (χ2v) is 7.06. The highest BCUT2D eigenvalue weighted by molar-refractivity contribution is 7.09. The fraction of sp³-hybridized carbons (Fsp3) is 0.714. The average molecular weight is 284 g/mol. The lowest BCUT2D eigenvalue weighted by Crippen LogP contribution is -2.44. The molecule has 1 N–H and O–H groups in total. The van der Waals surface area contributed by atoms with E-state index in [2.05, 4.69) is 10.3 Å². The van der Waals surface area contributed by atoms with Crippen molar-refractivity contribution in [3.63, 3.8) is 0 Å². The molecule has 0 aliphatic rings. The Kier molecular flexibility index (Phi) is 5.50. The van der Waals surface area contributed by atoms with Crippen molar-refractivity contribution in [2.75, 3.05) is 0 Å². The van der Waals surface area contributed by atoms with Crippen molar-refractivity contribution >= 4 is 17.3 Å². The van der Waals surface area contributed by atoms with Crippen LogP contribution in [0.3, 0.4) is 0 Å². The molecule has 4 nitrogen and oxygen atoms in total. The number of nitrogens with zero attached hydrogens (tertiary/aromatic N) is 1. The number of hydrogen-bond acceptors (Lipinski definition) is 5. The van der Waals surface area contributed by atoms with Crippen molar-refractivity contribution in [2.24, 2.45) is 5.92 Å². The van der Waals surface area contributed by atoms with Crippen LogP contribution in [0.2, 0.25) is 0 Å². The molecular weight excluding hydrogens is 260 g/mol. The first-order valence-corrected chi connectivity index (χ1v) is 7.44. The molecule has 0 radical (unpaired) electrons. The van der Waals surface area contributed by atoms with Gasteiger partial charge in [-0.2, -0.15) is 0 Å². The zero-order valence-electron chi connectivity index (χ0n) is 12.6. The van der Waals surface area contributed by atoms with Crippen LogP contribution >= 0.6 is 11.3 Å². The molecule has 0 aliphatic heterocycles. The average Bonchev–Trinajstić information content (AvgIpc) is 2.61. The van der Waals surface area contributed by atoms with Gasteiger partial charge < -0.3 is 4.74 Å². The lowest BCUT2D eigenvalue weighted by molar-refractivity contribution is -0.158. The molecule has 19 heavy (non-hydrogen) atoms. The molecular formula is C14H24N2O2S. The quantitative estimate of drug-likeness (QED) is 0.845. The zero-order valence-corrected chi connectivity index (χ0v) is 13.4. The number of ether oxygens (including phenoxy) is 1. The Morgan fingerprint density at radius 3 is 2.53 bits per heavy atom. The Bertz CT molecular complexity index is 421. The minimum atomic E-state index is -0.455. The molecule has 1 aromatic heterocycles. The van der Waals surface area contributed by atoms with Gasteiger partial charge in [0.15, 0.2) is 0 Å². The van der Waals surface area contributed by atoms with Crippen LogP contribution in [0.5, 0.6) is 0 Å². The number of aryl methyl sites for hydroxylation is 1. The summed E-state index contributed by atoms with van der Waals surface area (Å²) in [5.74, 6) is -0.0240. The monoisotopic (exact) mass is 284 g/mol. The van der Waals surface area contributed by atoms with Gasteiger partial charge in [0.25, 0.3) is 0 Å². The van der Waals surface area contributed by atoms with E-state index < -0.39 is 5.60 Å². The van der Waals surface area contributed by atoms with Crippen LogP contribution in [-0.2, 0) is 16.1 Å². The standard InChI is InChI=1S/C14H24N2O2S/c1-9(2)12(13(17)18-14(4,5)6)15-7-11-8-19-10(3)16-11/h8-9,12,15H,7H2,1-6H3. The maximum absolute atomic E-state index is 12.1. The molecule has 1 heterocycles. The second kappa shape index (κ2) is 6.48. The Hall–Kier alpha value is -0.940. The van der Waals surface area contributed by atoms with E-state index in [1.807, 2.05) is 46.9 Å². The van der Waals surface area contributed by atoms with Crippen molar-refractivity contribution in [1.82, 2.24) is 10.3 Å². The summed E-state index contributed by atoms with van der Waals surface area (Å²) in [6.45, 7) is 12.2. The van der Waals surface area contributed by atoms with Gasteiger partial charge in [0.05, 0.1) is 10.7 Å². The highest BCUT2D eigenvalue weighted by Gasteiger charge is 2.27. The summed E-state index contributed by atoms with van der Waals surface area (Å²) in [5.41, 5.74) is 0.514. The summed E-state index contributed by atoms with van der Waals surface area (Å²) in [4.78, 5) is 16.5. The lowest BCUT2D eigenvalue weighted by atomic mass is 10.0. The van der Waals surface area contributed by atoms with Crippen molar-refractivity contribution in [3.05, 3.63) is 16.1 Å². The van der Waals surface area contributed by atoms with Crippen molar-refractivity contribution < 1.29 is 9.53 Å². The molecule has 0 aromatic carbocycles. The van der Waals surface area contributed by atoms with Crippen LogP contribution in [0.15, 0.2) is 5.38 Å². The predicted octanol–water partition coefficient (Wildman–Crippen LogP) is 2.91. The minimum absolute atomic E-state index is 0.176. The molecule has 1 atom stereocenters. The van der Waals surface area contributed by atoms with Gasteiger partial charge in [0, 0.05) is 11.9 Å². The summed E-state index contributed by atoms with van der Waals surface area (Å²) in [6.07, 6.45) is 0. The van der Waals surface area contributed by atoms with Crippen molar-refractivity contribution in [1.29, 1.82) is 0 Å². The van der Waals surface area contributed by atoms with E-state index in [0.717, 1.165) is 10.7 Å². The molecule has 0 bridgehead atoms. The molecule has 0 aliphatic carbocycles. The van der Waals surface area contributed by atoms with Gasteiger partial charge in [0.1, 0.15) is 11.6 Å². The number of carbonyl (C=O) groups excluding carboxylic acids is 1. The van der Waals surface area contributed by atoms with E-state index in [9.17, 15) is 4.79 Å². The van der Waals surface area contributed by atoms with Gasteiger partial charge in [-0.15, -0.1) is 11.3 Å². The van der Waals surface area contributed by atoms with E-state index in [1.54, 1.807) is 11.3 Å². The topological polar surface area (TPSA) is 51.2 Å². The summed E-state index contributed by atoms with van der Waals surface area (Å²) in [7, 11) is 0. The SMILES string of the molecule is Cc1nc(CNC(C(=O)OC(C)(C)C)C(C)C)cs1. The Morgan fingerprint density at radius 1 is 1.47 bits per heavy atom. The van der Waals surface area contributed by atoms with E-state index in [0.29, 0.717) is 6.54 Å². The minimum Gasteiger partial charge on any atom is -0.459 e. The fourth-order valence-electron chi connectivity index (χ4n) is 1.66. The Balaban J connectivity index is 2.60. The van der Waals surface area contributed by atoms with Gasteiger partial charge in [-0.05, 0) is 33.6 Å². The van der Waals surface area contributed by atoms with Crippen LogP contribution in [-0.4, -0.2) is 22.6 Å². The van der Waals surface area contributed by atoms with E-state index in [4.69, 9.17) is 4.74 Å². The third kappa shape index (κ3) is 5.70. The highest BCUT2D eigenvalue weighted by atomic mass is 32.1. The first-order valence-electron chi connectivity index (χ1n) is 6.56. The molecule has 1 unspecified atom stereocenters. The van der Waals surface area contributed by atoms with Crippen LogP contribution in [0.4, 0.5) is 0 Å². The smallest absolute Gasteiger partial charge is 0.323 e. The molecule has 0 saturated heterocycles. The van der Waals surface area contributed by atoms with Crippen LogP contribution in [0.1, 0.15) is 45.3 Å². The summed E-state index contributed by atoms with van der Waals surface area (Å²) in [5, 5.41) is 6.29. The lowest BCUT2D eigenvalue weighted by Gasteiger charge is -2.26. The van der Waals surface area contributed by atoms with Gasteiger partial charge in [-0.1, -0.05) is 13.8 Å². The number of carbonyl (C=O) groups is 1. The molecule has 0 saturated carbocycles. The number of rotatable bonds is 5. The van der Waals surface area contributed by atoms with Crippen molar-refractivity contribution in [2.45, 2.75) is 59.7 Å². The molecule has 0 fully saturated rings. The number of esters is 1. The number of aromatic nitrogens is 1. The first-order chi connectivity index (χ1) is 8.69. The van der Waals surface area contributed by atoms with Gasteiger partial charge in [0.2, 0.25) is 0 Å². The fourth-order valence-corrected chi connectivity index (χ4v) is 2.27. The molecule has 1 rings (SSSR count). The summed E-state index contributed by atoms with van der Waals surface area (Å²) in [6, 6.07) is -0.304. The number of nitrogens with one attached hydrogen (secondary N) is 1. The largest absolute Gasteiger partial charge is 0.459 e. The molecule has 0 amide bonds. The summed E-state index contributed by atoms with van der Waals surface area (Å²) < 4.78 is 5.44. The molecule has 0 spiro atoms. The normalized spacial score (nSPS) is 13.6. The van der Waals surface area contributed by atoms with Gasteiger partial charge >= 0.3 is 5.97 Å². The Labute approximate surface area is 119 Å². The summed E-state index contributed by atoms with van der Waals surface area (Å²) >= 11 is 1.62. The zero-order chi connectivity index (χ0) is 14.6. The van der Waals surface area contributed by atoms with E-state index >= 15 is 0 Å². The van der Waals surface area contributed by atoms with Crippen molar-refractivity contribution in [3.8, 4) is 0 Å². The molecule has 5 heteroatoms. The molecule has 1 aromatic rings. The van der Waals surface area contributed by atoms with Gasteiger partial charge in [-0.25, -0.2) is 4.98 Å². The maximum Gasteiger partial charge on any atom is 0.323 e. The first kappa shape index (κ1) is 16.1. The van der Waals surface area contributed by atoms with Crippen LogP contribution < -0.4 is 5.32 Å².